The lowest BCUT2D eigenvalue weighted by molar-refractivity contribution is -0.120. The highest BCUT2D eigenvalue weighted by Gasteiger charge is 2.15. The van der Waals surface area contributed by atoms with E-state index < -0.39 is 0 Å². The molecule has 36 heavy (non-hydrogen) atoms. The molecule has 0 spiro atoms. The van der Waals surface area contributed by atoms with Gasteiger partial charge in [-0.3, -0.25) is 9.36 Å². The number of anilines is 1. The highest BCUT2D eigenvalue weighted by Crippen LogP contribution is 2.24. The average molecular weight is 504 g/mol. The van der Waals surface area contributed by atoms with E-state index in [-0.39, 0.29) is 5.91 Å². The first-order valence-electron chi connectivity index (χ1n) is 11.6. The van der Waals surface area contributed by atoms with Gasteiger partial charge in [-0.15, -0.1) is 10.2 Å². The van der Waals surface area contributed by atoms with Crippen LogP contribution in [0.3, 0.4) is 0 Å². The number of amides is 1. The third-order valence-corrected chi connectivity index (χ3v) is 6.41. The summed E-state index contributed by atoms with van der Waals surface area (Å²) in [6, 6.07) is 25.4. The van der Waals surface area contributed by atoms with Crippen molar-refractivity contribution in [1.29, 1.82) is 0 Å². The van der Waals surface area contributed by atoms with Gasteiger partial charge in [-0.05, 0) is 42.5 Å². The molecule has 9 heteroatoms. The second-order valence-corrected chi connectivity index (χ2v) is 8.90. The van der Waals surface area contributed by atoms with Gasteiger partial charge >= 0.3 is 0 Å². The van der Waals surface area contributed by atoms with Crippen LogP contribution in [0.1, 0.15) is 17.8 Å². The van der Waals surface area contributed by atoms with Gasteiger partial charge in [0.25, 0.3) is 0 Å². The molecule has 1 heterocycles. The summed E-state index contributed by atoms with van der Waals surface area (Å²) in [6.07, 6.45) is 0.362. The van der Waals surface area contributed by atoms with Gasteiger partial charge in [-0.2, -0.15) is 0 Å². The Kier molecular flexibility index (Phi) is 8.82. The summed E-state index contributed by atoms with van der Waals surface area (Å²) in [5.74, 6) is 2.90. The lowest BCUT2D eigenvalue weighted by Crippen LogP contribution is -2.23. The summed E-state index contributed by atoms with van der Waals surface area (Å²) in [5, 5.41) is 15.9. The number of carbonyl (C=O) groups excluding carboxylic acids is 1. The number of ether oxygens (including phenoxy) is 2. The maximum atomic E-state index is 12.4. The van der Waals surface area contributed by atoms with Crippen molar-refractivity contribution in [2.75, 3.05) is 25.3 Å². The fourth-order valence-electron chi connectivity index (χ4n) is 3.60. The first kappa shape index (κ1) is 25.1. The van der Waals surface area contributed by atoms with Crippen LogP contribution in [0.5, 0.6) is 11.5 Å². The first-order chi connectivity index (χ1) is 17.7. The van der Waals surface area contributed by atoms with Gasteiger partial charge in [0.1, 0.15) is 11.5 Å². The fraction of sp³-hybridized carbons (Fsp3) is 0.222. The molecule has 0 aliphatic heterocycles. The van der Waals surface area contributed by atoms with E-state index in [9.17, 15) is 4.79 Å². The topological polar surface area (TPSA) is 90.3 Å². The number of para-hydroxylation sites is 2. The van der Waals surface area contributed by atoms with Crippen molar-refractivity contribution in [1.82, 2.24) is 20.1 Å². The van der Waals surface area contributed by atoms with Gasteiger partial charge in [0.2, 0.25) is 5.91 Å². The second-order valence-electron chi connectivity index (χ2n) is 7.84. The van der Waals surface area contributed by atoms with E-state index in [1.165, 1.54) is 11.8 Å². The monoisotopic (exact) mass is 503 g/mol. The minimum atomic E-state index is -0.0272. The number of nitrogens with zero attached hydrogens (tertiary/aromatic N) is 3. The molecule has 0 fully saturated rings. The summed E-state index contributed by atoms with van der Waals surface area (Å²) >= 11 is 1.51. The number of hydrogen-bond acceptors (Lipinski definition) is 7. The zero-order valence-corrected chi connectivity index (χ0v) is 21.1. The zero-order valence-electron chi connectivity index (χ0n) is 20.3. The van der Waals surface area contributed by atoms with E-state index >= 15 is 0 Å². The van der Waals surface area contributed by atoms with Crippen molar-refractivity contribution in [3.05, 3.63) is 90.3 Å². The molecule has 186 valence electrons. The van der Waals surface area contributed by atoms with Gasteiger partial charge in [0.15, 0.2) is 11.0 Å². The molecule has 1 amide bonds. The number of aromatic nitrogens is 3. The molecule has 0 bridgehead atoms. The van der Waals surface area contributed by atoms with Crippen molar-refractivity contribution in [2.24, 2.45) is 0 Å². The predicted molar refractivity (Wildman–Crippen MR) is 142 cm³/mol. The van der Waals surface area contributed by atoms with Crippen molar-refractivity contribution in [3.8, 4) is 17.2 Å². The Labute approximate surface area is 215 Å². The second kappa shape index (κ2) is 12.6. The van der Waals surface area contributed by atoms with Crippen LogP contribution in [-0.2, 0) is 17.9 Å². The number of benzene rings is 3. The first-order valence-corrected chi connectivity index (χ1v) is 12.6. The van der Waals surface area contributed by atoms with Gasteiger partial charge < -0.3 is 20.1 Å². The predicted octanol–water partition coefficient (Wildman–Crippen LogP) is 4.70. The summed E-state index contributed by atoms with van der Waals surface area (Å²) < 4.78 is 12.6. The maximum absolute atomic E-state index is 12.4. The van der Waals surface area contributed by atoms with Crippen molar-refractivity contribution in [3.63, 3.8) is 0 Å². The molecular weight excluding hydrogens is 474 g/mol. The molecule has 0 saturated heterocycles. The number of carbonyl (C=O) groups is 1. The Hall–Kier alpha value is -3.98. The number of rotatable bonds is 12. The highest BCUT2D eigenvalue weighted by atomic mass is 32.2. The molecule has 4 aromatic rings. The SMILES string of the molecule is COc1ccc(NCc2nnc(SCCC(=O)NCc3ccccc3OC)n2-c2ccccc2)cc1. The van der Waals surface area contributed by atoms with Gasteiger partial charge in [-0.25, -0.2) is 0 Å². The average Bonchev–Trinajstić information content (AvgIpc) is 3.34. The fourth-order valence-corrected chi connectivity index (χ4v) is 4.51. The quantitative estimate of drug-likeness (QED) is 0.271. The molecule has 1 aromatic heterocycles. The van der Waals surface area contributed by atoms with E-state index in [2.05, 4.69) is 20.8 Å². The van der Waals surface area contributed by atoms with E-state index in [1.807, 2.05) is 83.4 Å². The molecular formula is C27H29N5O3S. The molecule has 0 aliphatic rings. The molecule has 0 atom stereocenters. The molecule has 2 N–H and O–H groups in total. The normalized spacial score (nSPS) is 10.6. The Bertz CT molecular complexity index is 1260. The summed E-state index contributed by atoms with van der Waals surface area (Å²) in [5.41, 5.74) is 2.87. The summed E-state index contributed by atoms with van der Waals surface area (Å²) in [6.45, 7) is 0.920. The Balaban J connectivity index is 1.37. The smallest absolute Gasteiger partial charge is 0.221 e. The van der Waals surface area contributed by atoms with E-state index in [1.54, 1.807) is 14.2 Å². The van der Waals surface area contributed by atoms with Crippen LogP contribution in [0.25, 0.3) is 5.69 Å². The minimum Gasteiger partial charge on any atom is -0.497 e. The van der Waals surface area contributed by atoms with E-state index in [0.29, 0.717) is 25.3 Å². The molecule has 0 radical (unpaired) electrons. The summed E-state index contributed by atoms with van der Waals surface area (Å²) in [4.78, 5) is 12.4. The summed E-state index contributed by atoms with van der Waals surface area (Å²) in [7, 11) is 3.27. The lowest BCUT2D eigenvalue weighted by Gasteiger charge is -2.12. The number of nitrogens with one attached hydrogen (secondary N) is 2. The van der Waals surface area contributed by atoms with E-state index in [0.717, 1.165) is 39.4 Å². The third kappa shape index (κ3) is 6.57. The van der Waals surface area contributed by atoms with Crippen LogP contribution in [0.2, 0.25) is 0 Å². The Morgan fingerprint density at radius 3 is 2.39 bits per heavy atom. The number of thioether (sulfide) groups is 1. The van der Waals surface area contributed by atoms with Crippen molar-refractivity contribution >= 4 is 23.4 Å². The van der Waals surface area contributed by atoms with Gasteiger partial charge in [-0.1, -0.05) is 48.2 Å². The van der Waals surface area contributed by atoms with Crippen molar-refractivity contribution in [2.45, 2.75) is 24.7 Å². The van der Waals surface area contributed by atoms with Crippen LogP contribution in [0, 0.1) is 0 Å². The third-order valence-electron chi connectivity index (χ3n) is 5.48. The van der Waals surface area contributed by atoms with Gasteiger partial charge in [0, 0.05) is 35.7 Å². The minimum absolute atomic E-state index is 0.0272. The maximum Gasteiger partial charge on any atom is 0.221 e. The molecule has 4 rings (SSSR count). The highest BCUT2D eigenvalue weighted by molar-refractivity contribution is 7.99. The molecule has 0 aliphatic carbocycles. The molecule has 3 aromatic carbocycles. The van der Waals surface area contributed by atoms with Crippen LogP contribution >= 0.6 is 11.8 Å². The number of hydrogen-bond donors (Lipinski definition) is 2. The largest absolute Gasteiger partial charge is 0.497 e. The molecule has 0 saturated carbocycles. The van der Waals surface area contributed by atoms with Crippen LogP contribution in [0.15, 0.2) is 84.0 Å². The Morgan fingerprint density at radius 1 is 0.889 bits per heavy atom. The zero-order chi connectivity index (χ0) is 25.2. The van der Waals surface area contributed by atoms with Crippen LogP contribution in [-0.4, -0.2) is 40.6 Å². The standard InChI is InChI=1S/C27H29N5O3S/c1-34-23-14-12-21(13-15-23)28-19-25-30-31-27(32(25)22-9-4-3-5-10-22)36-17-16-26(33)29-18-20-8-6-7-11-24(20)35-2/h3-15,28H,16-19H2,1-2H3,(H,29,33). The molecule has 8 nitrogen and oxygen atoms in total. The molecule has 0 unspecified atom stereocenters. The van der Waals surface area contributed by atoms with Crippen LogP contribution in [0.4, 0.5) is 5.69 Å². The van der Waals surface area contributed by atoms with Crippen molar-refractivity contribution < 1.29 is 14.3 Å². The Morgan fingerprint density at radius 2 is 1.64 bits per heavy atom. The van der Waals surface area contributed by atoms with Gasteiger partial charge in [0.05, 0.1) is 20.8 Å². The lowest BCUT2D eigenvalue weighted by atomic mass is 10.2. The van der Waals surface area contributed by atoms with E-state index in [4.69, 9.17) is 9.47 Å². The van der Waals surface area contributed by atoms with Crippen LogP contribution < -0.4 is 20.1 Å². The number of methoxy groups -OCH3 is 2.